The minimum absolute atomic E-state index is 0.335. The van der Waals surface area contributed by atoms with Crippen LogP contribution in [0.15, 0.2) is 200 Å². The molecule has 0 N–H and O–H groups in total. The number of nitrogens with zero attached hydrogens (tertiary/aromatic N) is 1. The number of para-hydroxylation sites is 1. The van der Waals surface area contributed by atoms with Crippen molar-refractivity contribution in [1.82, 2.24) is 0 Å². The Kier molecular flexibility index (Phi) is 9.95. The number of anilines is 3. The average Bonchev–Trinajstić information content (AvgIpc) is 3.72. The summed E-state index contributed by atoms with van der Waals surface area (Å²) in [7, 11) is 0. The standard InChI is InChI=1S/C59H49NS/c1-40-17-8-9-24-47(40)49-38-35-45(39-53(49)43-20-6-3-7-21-43)41-33-36-46(37-34-41)60(55-30-16-32-57-59(55)52-26-11-13-31-56(52)61-57)54-29-12-10-25-50(54)51-28-15-23-44-22-14-27-48(58(44)51)42-18-4-2-5-19-42/h3,6-17,20-40,42,47H,2,4-5,18-19H2,1H3. The molecule has 11 rings (SSSR count). The SMILES string of the molecule is CC1C=CC=CC1c1ccc(-c2ccc(N(c3ccccc3-c3cccc4cccc(C5CCCCC5)c34)c3cccc4sc5ccccc5c34)cc2)cc1-c1ccccc1. The van der Waals surface area contributed by atoms with E-state index in [2.05, 4.69) is 212 Å². The lowest BCUT2D eigenvalue weighted by Crippen LogP contribution is -2.12. The Morgan fingerprint density at radius 2 is 1.16 bits per heavy atom. The van der Waals surface area contributed by atoms with E-state index in [1.54, 1.807) is 0 Å². The predicted molar refractivity (Wildman–Crippen MR) is 264 cm³/mol. The van der Waals surface area contributed by atoms with Crippen LogP contribution in [0.25, 0.3) is 64.3 Å². The smallest absolute Gasteiger partial charge is 0.0555 e. The van der Waals surface area contributed by atoms with E-state index in [4.69, 9.17) is 0 Å². The fourth-order valence-corrected chi connectivity index (χ4v) is 11.5. The Bertz CT molecular complexity index is 3080. The van der Waals surface area contributed by atoms with Gasteiger partial charge in [0.25, 0.3) is 0 Å². The predicted octanol–water partition coefficient (Wildman–Crippen LogP) is 17.6. The number of hydrogen-bond acceptors (Lipinski definition) is 2. The van der Waals surface area contributed by atoms with E-state index >= 15 is 0 Å². The first-order chi connectivity index (χ1) is 30.2. The van der Waals surface area contributed by atoms with E-state index in [1.165, 1.54) is 119 Å². The lowest BCUT2D eigenvalue weighted by molar-refractivity contribution is 0.445. The zero-order valence-corrected chi connectivity index (χ0v) is 35.5. The number of hydrogen-bond donors (Lipinski definition) is 0. The van der Waals surface area contributed by atoms with Crippen LogP contribution in [0.3, 0.4) is 0 Å². The van der Waals surface area contributed by atoms with E-state index < -0.39 is 0 Å². The lowest BCUT2D eigenvalue weighted by atomic mass is 9.80. The fraction of sp³-hybridized carbons (Fsp3) is 0.153. The van der Waals surface area contributed by atoms with Crippen molar-refractivity contribution in [2.75, 3.05) is 4.90 Å². The van der Waals surface area contributed by atoms with E-state index in [0.717, 1.165) is 5.69 Å². The molecule has 1 heterocycles. The lowest BCUT2D eigenvalue weighted by Gasteiger charge is -2.30. The van der Waals surface area contributed by atoms with Crippen LogP contribution in [0, 0.1) is 5.92 Å². The molecule has 61 heavy (non-hydrogen) atoms. The van der Waals surface area contributed by atoms with Crippen LogP contribution >= 0.6 is 11.3 Å². The molecule has 2 heteroatoms. The summed E-state index contributed by atoms with van der Waals surface area (Å²) in [4.78, 5) is 2.53. The first-order valence-corrected chi connectivity index (χ1v) is 23.0. The molecule has 2 aliphatic carbocycles. The summed E-state index contributed by atoms with van der Waals surface area (Å²) in [6, 6.07) is 66.1. The highest BCUT2D eigenvalue weighted by molar-refractivity contribution is 7.26. The molecular formula is C59H49NS. The third kappa shape index (κ3) is 6.90. The van der Waals surface area contributed by atoms with Gasteiger partial charge in [-0.15, -0.1) is 11.3 Å². The second-order valence-corrected chi connectivity index (χ2v) is 18.1. The molecule has 296 valence electrons. The van der Waals surface area contributed by atoms with Crippen molar-refractivity contribution in [3.63, 3.8) is 0 Å². The maximum atomic E-state index is 2.53. The third-order valence-corrected chi connectivity index (χ3v) is 14.5. The summed E-state index contributed by atoms with van der Waals surface area (Å²) in [6.45, 7) is 2.32. The molecule has 1 aromatic heterocycles. The monoisotopic (exact) mass is 803 g/mol. The van der Waals surface area contributed by atoms with Crippen molar-refractivity contribution in [3.8, 4) is 33.4 Å². The van der Waals surface area contributed by atoms with Gasteiger partial charge in [-0.3, -0.25) is 0 Å². The zero-order valence-electron chi connectivity index (χ0n) is 34.7. The Morgan fingerprint density at radius 1 is 0.475 bits per heavy atom. The molecule has 0 radical (unpaired) electrons. The molecule has 2 atom stereocenters. The van der Waals surface area contributed by atoms with E-state index in [0.29, 0.717) is 17.8 Å². The fourth-order valence-electron chi connectivity index (χ4n) is 10.4. The zero-order chi connectivity index (χ0) is 40.7. The van der Waals surface area contributed by atoms with Crippen LogP contribution in [-0.2, 0) is 0 Å². The Balaban J connectivity index is 1.09. The normalized spacial score (nSPS) is 16.7. The number of benzene rings is 8. The van der Waals surface area contributed by atoms with Gasteiger partial charge in [0.1, 0.15) is 0 Å². The number of allylic oxidation sites excluding steroid dienone is 4. The van der Waals surface area contributed by atoms with Crippen LogP contribution < -0.4 is 4.90 Å². The molecule has 1 saturated carbocycles. The Hall–Kier alpha value is -6.48. The van der Waals surface area contributed by atoms with Crippen LogP contribution in [0.4, 0.5) is 17.1 Å². The summed E-state index contributed by atoms with van der Waals surface area (Å²) >= 11 is 1.88. The van der Waals surface area contributed by atoms with Crippen molar-refractivity contribution in [3.05, 3.63) is 211 Å². The minimum atomic E-state index is 0.335. The van der Waals surface area contributed by atoms with Gasteiger partial charge in [0, 0.05) is 37.3 Å². The molecule has 0 spiro atoms. The molecule has 1 fully saturated rings. The van der Waals surface area contributed by atoms with Gasteiger partial charge >= 0.3 is 0 Å². The van der Waals surface area contributed by atoms with Crippen molar-refractivity contribution < 1.29 is 0 Å². The van der Waals surface area contributed by atoms with E-state index in [1.807, 2.05) is 11.3 Å². The summed E-state index contributed by atoms with van der Waals surface area (Å²) < 4.78 is 2.61. The van der Waals surface area contributed by atoms with Gasteiger partial charge in [0.2, 0.25) is 0 Å². The molecule has 2 unspecified atom stereocenters. The largest absolute Gasteiger partial charge is 0.309 e. The number of fused-ring (bicyclic) bond motifs is 4. The van der Waals surface area contributed by atoms with Gasteiger partial charge < -0.3 is 4.90 Å². The molecular weight excluding hydrogens is 755 g/mol. The van der Waals surface area contributed by atoms with Crippen LogP contribution in [-0.4, -0.2) is 0 Å². The van der Waals surface area contributed by atoms with Crippen molar-refractivity contribution in [1.29, 1.82) is 0 Å². The van der Waals surface area contributed by atoms with Gasteiger partial charge in [-0.1, -0.05) is 184 Å². The minimum Gasteiger partial charge on any atom is -0.309 e. The van der Waals surface area contributed by atoms with Crippen LogP contribution in [0.2, 0.25) is 0 Å². The molecule has 9 aromatic rings. The average molecular weight is 804 g/mol. The van der Waals surface area contributed by atoms with Crippen LogP contribution in [0.5, 0.6) is 0 Å². The van der Waals surface area contributed by atoms with Crippen LogP contribution in [0.1, 0.15) is 62.0 Å². The Labute approximate surface area is 364 Å². The maximum Gasteiger partial charge on any atom is 0.0555 e. The van der Waals surface area contributed by atoms with Crippen molar-refractivity contribution >= 4 is 59.3 Å². The summed E-state index contributed by atoms with van der Waals surface area (Å²) in [6.07, 6.45) is 15.6. The van der Waals surface area contributed by atoms with Gasteiger partial charge in [-0.2, -0.15) is 0 Å². The first kappa shape index (κ1) is 37.5. The molecule has 8 aromatic carbocycles. The number of rotatable bonds is 8. The molecule has 0 bridgehead atoms. The molecule has 0 aliphatic heterocycles. The molecule has 1 nitrogen and oxygen atoms in total. The molecule has 2 aliphatic rings. The third-order valence-electron chi connectivity index (χ3n) is 13.4. The summed E-state index contributed by atoms with van der Waals surface area (Å²) in [5, 5.41) is 5.33. The van der Waals surface area contributed by atoms with Crippen molar-refractivity contribution in [2.45, 2.75) is 50.9 Å². The second-order valence-electron chi connectivity index (χ2n) is 17.1. The first-order valence-electron chi connectivity index (χ1n) is 22.2. The Morgan fingerprint density at radius 3 is 2.02 bits per heavy atom. The summed E-state index contributed by atoms with van der Waals surface area (Å²) in [5.74, 6) is 1.36. The highest BCUT2D eigenvalue weighted by atomic mass is 32.1. The summed E-state index contributed by atoms with van der Waals surface area (Å²) in [5.41, 5.74) is 13.9. The maximum absolute atomic E-state index is 2.53. The van der Waals surface area contributed by atoms with Gasteiger partial charge in [-0.25, -0.2) is 0 Å². The van der Waals surface area contributed by atoms with Crippen molar-refractivity contribution in [2.24, 2.45) is 5.92 Å². The van der Waals surface area contributed by atoms with E-state index in [9.17, 15) is 0 Å². The van der Waals surface area contributed by atoms with Gasteiger partial charge in [0.15, 0.2) is 0 Å². The highest BCUT2D eigenvalue weighted by Gasteiger charge is 2.25. The molecule has 0 saturated heterocycles. The number of thiophene rings is 1. The van der Waals surface area contributed by atoms with E-state index in [-0.39, 0.29) is 0 Å². The van der Waals surface area contributed by atoms with Gasteiger partial charge in [0.05, 0.1) is 11.4 Å². The topological polar surface area (TPSA) is 3.24 Å². The van der Waals surface area contributed by atoms with Gasteiger partial charge in [-0.05, 0) is 117 Å². The molecule has 0 amide bonds. The highest BCUT2D eigenvalue weighted by Crippen LogP contribution is 2.49. The quantitative estimate of drug-likeness (QED) is 0.148. The second kappa shape index (κ2) is 16.2.